The van der Waals surface area contributed by atoms with Gasteiger partial charge in [-0.15, -0.1) is 0 Å². The van der Waals surface area contributed by atoms with Gasteiger partial charge in [0.05, 0.1) is 0 Å². The van der Waals surface area contributed by atoms with Gasteiger partial charge in [0.25, 0.3) is 0 Å². The van der Waals surface area contributed by atoms with Gasteiger partial charge in [-0.25, -0.2) is 4.79 Å². The number of ether oxygens (including phenoxy) is 1. The summed E-state index contributed by atoms with van der Waals surface area (Å²) in [6.07, 6.45) is 1.21. The van der Waals surface area contributed by atoms with Crippen molar-refractivity contribution in [2.45, 2.75) is 39.2 Å². The third kappa shape index (κ3) is 4.55. The monoisotopic (exact) mass is 359 g/mol. The fraction of sp³-hybridized carbons (Fsp3) is 0.600. The first-order valence-corrected chi connectivity index (χ1v) is 9.42. The number of nitrogens with zero attached hydrogens (tertiary/aromatic N) is 3. The Labute approximate surface area is 155 Å². The van der Waals surface area contributed by atoms with Gasteiger partial charge in [-0.2, -0.15) is 0 Å². The molecule has 2 aliphatic rings. The van der Waals surface area contributed by atoms with Gasteiger partial charge in [0.1, 0.15) is 5.60 Å². The number of anilines is 1. The van der Waals surface area contributed by atoms with Gasteiger partial charge < -0.3 is 14.5 Å². The standard InChI is InChI=1S/C20H29N3O3/c1-20(2,3)26-19(25)22-14-12-21(13-15-22)10-9-18(24)23-11-8-16-6-4-5-7-17(16)23/h4-7H,8-15H2,1-3H3. The molecule has 6 heteroatoms. The van der Waals surface area contributed by atoms with E-state index in [4.69, 9.17) is 4.74 Å². The molecule has 0 atom stereocenters. The highest BCUT2D eigenvalue weighted by Gasteiger charge is 2.27. The zero-order chi connectivity index (χ0) is 18.7. The van der Waals surface area contributed by atoms with Crippen LogP contribution in [0.15, 0.2) is 24.3 Å². The lowest BCUT2D eigenvalue weighted by Gasteiger charge is -2.35. The summed E-state index contributed by atoms with van der Waals surface area (Å²) in [7, 11) is 0. The van der Waals surface area contributed by atoms with Crippen molar-refractivity contribution in [2.24, 2.45) is 0 Å². The Morgan fingerprint density at radius 1 is 1.04 bits per heavy atom. The second kappa shape index (κ2) is 7.66. The van der Waals surface area contributed by atoms with E-state index in [1.807, 2.05) is 43.9 Å². The van der Waals surface area contributed by atoms with E-state index in [9.17, 15) is 9.59 Å². The molecule has 0 saturated carbocycles. The van der Waals surface area contributed by atoms with Gasteiger partial charge in [0, 0.05) is 51.4 Å². The molecular formula is C20H29N3O3. The molecule has 0 radical (unpaired) electrons. The molecule has 0 aliphatic carbocycles. The zero-order valence-electron chi connectivity index (χ0n) is 16.0. The number of fused-ring (bicyclic) bond motifs is 1. The van der Waals surface area contributed by atoms with Gasteiger partial charge in [0.2, 0.25) is 5.91 Å². The lowest BCUT2D eigenvalue weighted by atomic mass is 10.2. The van der Waals surface area contributed by atoms with Crippen LogP contribution in [0.1, 0.15) is 32.8 Å². The molecular weight excluding hydrogens is 330 g/mol. The van der Waals surface area contributed by atoms with Crippen molar-refractivity contribution in [2.75, 3.05) is 44.2 Å². The van der Waals surface area contributed by atoms with Crippen LogP contribution < -0.4 is 4.90 Å². The predicted molar refractivity (Wildman–Crippen MR) is 101 cm³/mol. The molecule has 1 aromatic rings. The number of amides is 2. The SMILES string of the molecule is CC(C)(C)OC(=O)N1CCN(CCC(=O)N2CCc3ccccc32)CC1. The van der Waals surface area contributed by atoms with Crippen LogP contribution in [-0.4, -0.2) is 66.7 Å². The molecule has 1 saturated heterocycles. The number of carbonyl (C=O) groups excluding carboxylic acids is 2. The highest BCUT2D eigenvalue weighted by molar-refractivity contribution is 5.95. The molecule has 2 amide bonds. The third-order valence-electron chi connectivity index (χ3n) is 4.85. The highest BCUT2D eigenvalue weighted by atomic mass is 16.6. The summed E-state index contributed by atoms with van der Waals surface area (Å²) in [4.78, 5) is 30.6. The van der Waals surface area contributed by atoms with Crippen LogP contribution in [-0.2, 0) is 16.0 Å². The van der Waals surface area contributed by atoms with E-state index in [0.717, 1.165) is 38.3 Å². The van der Waals surface area contributed by atoms with Crippen molar-refractivity contribution in [3.8, 4) is 0 Å². The summed E-state index contributed by atoms with van der Waals surface area (Å²) in [5.41, 5.74) is 1.85. The van der Waals surface area contributed by atoms with Crippen LogP contribution in [0.3, 0.4) is 0 Å². The Hall–Kier alpha value is -2.08. The molecule has 2 aliphatic heterocycles. The number of hydrogen-bond acceptors (Lipinski definition) is 4. The maximum atomic E-state index is 12.6. The zero-order valence-corrected chi connectivity index (χ0v) is 16.0. The smallest absolute Gasteiger partial charge is 0.410 e. The second-order valence-corrected chi connectivity index (χ2v) is 7.98. The first-order valence-electron chi connectivity index (χ1n) is 9.42. The van der Waals surface area contributed by atoms with Crippen molar-refractivity contribution in [3.05, 3.63) is 29.8 Å². The van der Waals surface area contributed by atoms with E-state index in [1.165, 1.54) is 5.56 Å². The minimum absolute atomic E-state index is 0.185. The van der Waals surface area contributed by atoms with Crippen LogP contribution in [0.4, 0.5) is 10.5 Å². The third-order valence-corrected chi connectivity index (χ3v) is 4.85. The van der Waals surface area contributed by atoms with Crippen molar-refractivity contribution < 1.29 is 14.3 Å². The van der Waals surface area contributed by atoms with Crippen molar-refractivity contribution in [1.29, 1.82) is 0 Å². The van der Waals surface area contributed by atoms with Crippen molar-refractivity contribution in [3.63, 3.8) is 0 Å². The molecule has 1 aromatic carbocycles. The fourth-order valence-electron chi connectivity index (χ4n) is 3.47. The molecule has 142 valence electrons. The van der Waals surface area contributed by atoms with E-state index < -0.39 is 5.60 Å². The van der Waals surface area contributed by atoms with Crippen LogP contribution in [0, 0.1) is 0 Å². The summed E-state index contributed by atoms with van der Waals surface area (Å²) < 4.78 is 5.42. The maximum Gasteiger partial charge on any atom is 0.410 e. The molecule has 0 spiro atoms. The number of piperazine rings is 1. The van der Waals surface area contributed by atoms with Crippen LogP contribution in [0.25, 0.3) is 0 Å². The minimum Gasteiger partial charge on any atom is -0.444 e. The number of carbonyl (C=O) groups is 2. The van der Waals surface area contributed by atoms with E-state index in [1.54, 1.807) is 4.90 Å². The summed E-state index contributed by atoms with van der Waals surface area (Å²) in [6, 6.07) is 8.13. The summed E-state index contributed by atoms with van der Waals surface area (Å²) in [5, 5.41) is 0. The van der Waals surface area contributed by atoms with Crippen molar-refractivity contribution in [1.82, 2.24) is 9.80 Å². The summed E-state index contributed by atoms with van der Waals surface area (Å²) >= 11 is 0. The fourth-order valence-corrected chi connectivity index (χ4v) is 3.47. The normalized spacial score (nSPS) is 18.0. The molecule has 0 bridgehead atoms. The Kier molecular flexibility index (Phi) is 5.51. The van der Waals surface area contributed by atoms with Gasteiger partial charge >= 0.3 is 6.09 Å². The van der Waals surface area contributed by atoms with Crippen molar-refractivity contribution >= 4 is 17.7 Å². The van der Waals surface area contributed by atoms with E-state index in [-0.39, 0.29) is 12.0 Å². The van der Waals surface area contributed by atoms with E-state index >= 15 is 0 Å². The topological polar surface area (TPSA) is 53.1 Å². The molecule has 0 aromatic heterocycles. The highest BCUT2D eigenvalue weighted by Crippen LogP contribution is 2.27. The molecule has 0 unspecified atom stereocenters. The Morgan fingerprint density at radius 2 is 1.73 bits per heavy atom. The summed E-state index contributed by atoms with van der Waals surface area (Å²) in [6.45, 7) is 10.0. The average molecular weight is 359 g/mol. The van der Waals surface area contributed by atoms with E-state index in [2.05, 4.69) is 11.0 Å². The molecule has 2 heterocycles. The number of benzene rings is 1. The number of rotatable bonds is 3. The largest absolute Gasteiger partial charge is 0.444 e. The number of para-hydroxylation sites is 1. The predicted octanol–water partition coefficient (Wildman–Crippen LogP) is 2.52. The lowest BCUT2D eigenvalue weighted by Crippen LogP contribution is -2.50. The Balaban J connectivity index is 1.43. The maximum absolute atomic E-state index is 12.6. The van der Waals surface area contributed by atoms with Gasteiger partial charge in [-0.05, 0) is 38.8 Å². The quantitative estimate of drug-likeness (QED) is 0.832. The first kappa shape index (κ1) is 18.7. The minimum atomic E-state index is -0.466. The van der Waals surface area contributed by atoms with Gasteiger partial charge in [-0.1, -0.05) is 18.2 Å². The van der Waals surface area contributed by atoms with Crippen LogP contribution in [0.5, 0.6) is 0 Å². The second-order valence-electron chi connectivity index (χ2n) is 7.98. The molecule has 6 nitrogen and oxygen atoms in total. The van der Waals surface area contributed by atoms with Crippen LogP contribution >= 0.6 is 0 Å². The Morgan fingerprint density at radius 3 is 2.42 bits per heavy atom. The molecule has 26 heavy (non-hydrogen) atoms. The lowest BCUT2D eigenvalue weighted by molar-refractivity contribution is -0.119. The average Bonchev–Trinajstić information content (AvgIpc) is 3.03. The Bertz CT molecular complexity index is 661. The summed E-state index contributed by atoms with van der Waals surface area (Å²) in [5.74, 6) is 0.185. The van der Waals surface area contributed by atoms with Crippen LogP contribution in [0.2, 0.25) is 0 Å². The molecule has 1 fully saturated rings. The van der Waals surface area contributed by atoms with Gasteiger partial charge in [0.15, 0.2) is 0 Å². The first-order chi connectivity index (χ1) is 12.3. The van der Waals surface area contributed by atoms with E-state index in [0.29, 0.717) is 19.5 Å². The molecule has 3 rings (SSSR count). The molecule has 0 N–H and O–H groups in total. The van der Waals surface area contributed by atoms with Gasteiger partial charge in [-0.3, -0.25) is 9.69 Å². The number of hydrogen-bond donors (Lipinski definition) is 0.